The molecule has 0 radical (unpaired) electrons. The van der Waals surface area contributed by atoms with Gasteiger partial charge in [0.05, 0.1) is 12.8 Å². The van der Waals surface area contributed by atoms with Gasteiger partial charge in [0.15, 0.2) is 5.82 Å². The first-order valence-corrected chi connectivity index (χ1v) is 10.9. The first kappa shape index (κ1) is 20.4. The van der Waals surface area contributed by atoms with E-state index in [-0.39, 0.29) is 6.03 Å². The minimum absolute atomic E-state index is 0.284. The van der Waals surface area contributed by atoms with Crippen LogP contribution in [-0.4, -0.2) is 69.4 Å². The smallest absolute Gasteiger partial charge is 0.328 e. The van der Waals surface area contributed by atoms with Gasteiger partial charge in [-0.1, -0.05) is 0 Å². The molecule has 2 aliphatic rings. The molecule has 0 spiro atoms. The molecule has 1 atom stereocenters. The van der Waals surface area contributed by atoms with Crippen LogP contribution in [0.2, 0.25) is 0 Å². The molecule has 3 aromatic heterocycles. The molecular formula is C21H27N9O2. The molecule has 32 heavy (non-hydrogen) atoms. The highest BCUT2D eigenvalue weighted by molar-refractivity contribution is 6.02. The minimum atomic E-state index is -0.284. The fourth-order valence-corrected chi connectivity index (χ4v) is 4.36. The molecular weight excluding hydrogens is 410 g/mol. The fraction of sp³-hybridized carbons (Fsp3) is 0.476. The number of aryl methyl sites for hydroxylation is 1. The highest BCUT2D eigenvalue weighted by Crippen LogP contribution is 2.34. The average Bonchev–Trinajstić information content (AvgIpc) is 3.37. The van der Waals surface area contributed by atoms with Gasteiger partial charge in [-0.3, -0.25) is 10.2 Å². The number of fused-ring (bicyclic) bond motifs is 2. The zero-order chi connectivity index (χ0) is 22.2. The van der Waals surface area contributed by atoms with Crippen molar-refractivity contribution in [3.8, 4) is 5.88 Å². The van der Waals surface area contributed by atoms with Gasteiger partial charge in [0.1, 0.15) is 11.6 Å². The molecule has 3 aromatic rings. The van der Waals surface area contributed by atoms with Crippen molar-refractivity contribution < 1.29 is 9.53 Å². The number of nitrogens with zero attached hydrogens (tertiary/aromatic N) is 7. The molecule has 0 saturated carbocycles. The van der Waals surface area contributed by atoms with Gasteiger partial charge in [0, 0.05) is 49.7 Å². The number of hydrogen-bond donors (Lipinski definition) is 2. The summed E-state index contributed by atoms with van der Waals surface area (Å²) >= 11 is 0. The highest BCUT2D eigenvalue weighted by atomic mass is 16.5. The number of carbonyl (C=O) groups is 1. The van der Waals surface area contributed by atoms with Crippen molar-refractivity contribution in [2.45, 2.75) is 33.2 Å². The molecule has 2 amide bonds. The number of amides is 2. The highest BCUT2D eigenvalue weighted by Gasteiger charge is 2.31. The van der Waals surface area contributed by atoms with Crippen LogP contribution in [0.5, 0.6) is 5.88 Å². The Labute approximate surface area is 185 Å². The van der Waals surface area contributed by atoms with Gasteiger partial charge in [-0.15, -0.1) is 0 Å². The van der Waals surface area contributed by atoms with Gasteiger partial charge in [-0.2, -0.15) is 10.1 Å². The number of anilines is 3. The van der Waals surface area contributed by atoms with Crippen molar-refractivity contribution in [2.75, 3.05) is 47.9 Å². The van der Waals surface area contributed by atoms with Crippen molar-refractivity contribution in [1.29, 1.82) is 0 Å². The SMILES string of the molecule is CCOc1nc(NC(=O)N2CCc3c(N4CCN[C@@H](C)C4)ccnc32)cn2nc(C)nc12. The lowest BCUT2D eigenvalue weighted by Gasteiger charge is -2.34. The van der Waals surface area contributed by atoms with E-state index in [1.165, 1.54) is 0 Å². The summed E-state index contributed by atoms with van der Waals surface area (Å²) in [5, 5.41) is 10.7. The quantitative estimate of drug-likeness (QED) is 0.633. The van der Waals surface area contributed by atoms with Gasteiger partial charge in [-0.25, -0.2) is 19.3 Å². The van der Waals surface area contributed by atoms with E-state index in [9.17, 15) is 4.79 Å². The molecule has 0 unspecified atom stereocenters. The number of carbonyl (C=O) groups excluding carboxylic acids is 1. The maximum absolute atomic E-state index is 13.2. The molecule has 0 aliphatic carbocycles. The van der Waals surface area contributed by atoms with Crippen LogP contribution in [0.3, 0.4) is 0 Å². The van der Waals surface area contributed by atoms with Crippen LogP contribution >= 0.6 is 0 Å². The number of nitrogens with one attached hydrogen (secondary N) is 2. The lowest BCUT2D eigenvalue weighted by atomic mass is 10.1. The number of ether oxygens (including phenoxy) is 1. The van der Waals surface area contributed by atoms with E-state index < -0.39 is 0 Å². The Kier molecular flexibility index (Phi) is 5.25. The van der Waals surface area contributed by atoms with Gasteiger partial charge < -0.3 is 15.0 Å². The summed E-state index contributed by atoms with van der Waals surface area (Å²) in [6, 6.07) is 2.19. The van der Waals surface area contributed by atoms with Crippen molar-refractivity contribution in [3.05, 3.63) is 29.8 Å². The second-order valence-corrected chi connectivity index (χ2v) is 8.06. The van der Waals surface area contributed by atoms with E-state index in [1.807, 2.05) is 6.92 Å². The van der Waals surface area contributed by atoms with E-state index in [2.05, 4.69) is 48.6 Å². The first-order valence-electron chi connectivity index (χ1n) is 10.9. The predicted octanol–water partition coefficient (Wildman–Crippen LogP) is 1.62. The number of piperazine rings is 1. The number of pyridine rings is 1. The second kappa shape index (κ2) is 8.23. The Morgan fingerprint density at radius 2 is 2.22 bits per heavy atom. The molecule has 2 aliphatic heterocycles. The Balaban J connectivity index is 1.40. The summed E-state index contributed by atoms with van der Waals surface area (Å²) in [7, 11) is 0. The van der Waals surface area contributed by atoms with E-state index in [1.54, 1.807) is 28.7 Å². The molecule has 11 nitrogen and oxygen atoms in total. The summed E-state index contributed by atoms with van der Waals surface area (Å²) in [5.41, 5.74) is 2.79. The summed E-state index contributed by atoms with van der Waals surface area (Å²) in [4.78, 5) is 30.5. The first-order chi connectivity index (χ1) is 15.5. The van der Waals surface area contributed by atoms with Crippen LogP contribution < -0.4 is 25.2 Å². The maximum atomic E-state index is 13.2. The van der Waals surface area contributed by atoms with Gasteiger partial charge in [0.25, 0.3) is 5.88 Å². The Morgan fingerprint density at radius 1 is 1.34 bits per heavy atom. The van der Waals surface area contributed by atoms with Crippen LogP contribution in [0, 0.1) is 6.92 Å². The van der Waals surface area contributed by atoms with Gasteiger partial charge >= 0.3 is 6.03 Å². The Morgan fingerprint density at radius 3 is 3.03 bits per heavy atom. The zero-order valence-electron chi connectivity index (χ0n) is 18.5. The molecule has 0 bridgehead atoms. The van der Waals surface area contributed by atoms with Crippen LogP contribution in [0.15, 0.2) is 18.5 Å². The standard InChI is InChI=1S/C21H27N9O2/c1-4-32-20-19-24-14(3)27-30(19)12-17(25-20)26-21(31)29-9-6-15-16(5-7-23-18(15)29)28-10-8-22-13(2)11-28/h5,7,12-13,22H,4,6,8-11H2,1-3H3,(H,26,31)/t13-/m0/s1. The molecule has 11 heteroatoms. The van der Waals surface area contributed by atoms with Crippen LogP contribution in [0.1, 0.15) is 25.2 Å². The largest absolute Gasteiger partial charge is 0.475 e. The molecule has 0 aromatic carbocycles. The summed E-state index contributed by atoms with van der Waals surface area (Å²) in [6.45, 7) is 9.67. The monoisotopic (exact) mass is 437 g/mol. The van der Waals surface area contributed by atoms with Crippen molar-refractivity contribution >= 4 is 29.0 Å². The number of urea groups is 1. The third-order valence-electron chi connectivity index (χ3n) is 5.72. The fourth-order valence-electron chi connectivity index (χ4n) is 4.36. The third kappa shape index (κ3) is 3.68. The summed E-state index contributed by atoms with van der Waals surface area (Å²) in [6.07, 6.45) is 4.18. The predicted molar refractivity (Wildman–Crippen MR) is 121 cm³/mol. The van der Waals surface area contributed by atoms with Crippen molar-refractivity contribution in [3.63, 3.8) is 0 Å². The van der Waals surface area contributed by atoms with Crippen LogP contribution in [-0.2, 0) is 6.42 Å². The zero-order valence-corrected chi connectivity index (χ0v) is 18.5. The van der Waals surface area contributed by atoms with Gasteiger partial charge in [0.2, 0.25) is 5.65 Å². The van der Waals surface area contributed by atoms with Crippen LogP contribution in [0.25, 0.3) is 5.65 Å². The topological polar surface area (TPSA) is 113 Å². The second-order valence-electron chi connectivity index (χ2n) is 8.06. The normalized spacial score (nSPS) is 18.2. The van der Waals surface area contributed by atoms with Crippen molar-refractivity contribution in [1.82, 2.24) is 29.9 Å². The Bertz CT molecular complexity index is 1160. The average molecular weight is 438 g/mol. The van der Waals surface area contributed by atoms with E-state index in [0.29, 0.717) is 48.2 Å². The molecule has 168 valence electrons. The third-order valence-corrected chi connectivity index (χ3v) is 5.72. The van der Waals surface area contributed by atoms with Gasteiger partial charge in [-0.05, 0) is 33.3 Å². The minimum Gasteiger partial charge on any atom is -0.475 e. The maximum Gasteiger partial charge on any atom is 0.328 e. The molecule has 2 N–H and O–H groups in total. The summed E-state index contributed by atoms with van der Waals surface area (Å²) in [5.74, 6) is 1.98. The van der Waals surface area contributed by atoms with E-state index in [4.69, 9.17) is 4.74 Å². The molecule has 1 fully saturated rings. The number of rotatable bonds is 4. The van der Waals surface area contributed by atoms with E-state index >= 15 is 0 Å². The molecule has 5 heterocycles. The van der Waals surface area contributed by atoms with Crippen molar-refractivity contribution in [2.24, 2.45) is 0 Å². The summed E-state index contributed by atoms with van der Waals surface area (Å²) < 4.78 is 7.18. The molecule has 5 rings (SSSR count). The van der Waals surface area contributed by atoms with Crippen LogP contribution in [0.4, 0.5) is 22.1 Å². The molecule has 1 saturated heterocycles. The number of aromatic nitrogens is 5. The lowest BCUT2D eigenvalue weighted by Crippen LogP contribution is -2.49. The number of hydrogen-bond acceptors (Lipinski definition) is 8. The Hall–Kier alpha value is -3.47. The van der Waals surface area contributed by atoms with E-state index in [0.717, 1.165) is 37.3 Å². The lowest BCUT2D eigenvalue weighted by molar-refractivity contribution is 0.257.